The fraction of sp³-hybridized carbons (Fsp3) is 0.133. The smallest absolute Gasteiger partial charge is 0.132 e. The lowest BCUT2D eigenvalue weighted by Gasteiger charge is -2.12. The van der Waals surface area contributed by atoms with Gasteiger partial charge in [-0.15, -0.1) is 11.6 Å². The first-order chi connectivity index (χ1) is 9.97. The van der Waals surface area contributed by atoms with Crippen LogP contribution >= 0.6 is 34.8 Å². The van der Waals surface area contributed by atoms with Crippen LogP contribution in [0.4, 0.5) is 4.39 Å². The Kier molecular flexibility index (Phi) is 3.82. The van der Waals surface area contributed by atoms with Crippen molar-refractivity contribution < 1.29 is 4.39 Å². The fourth-order valence-corrected chi connectivity index (χ4v) is 2.76. The monoisotopic (exact) mass is 342 g/mol. The number of benzene rings is 2. The van der Waals surface area contributed by atoms with Crippen molar-refractivity contribution in [2.45, 2.75) is 12.3 Å². The van der Waals surface area contributed by atoms with Gasteiger partial charge in [0.15, 0.2) is 0 Å². The third-order valence-corrected chi connectivity index (χ3v) is 3.90. The van der Waals surface area contributed by atoms with Crippen molar-refractivity contribution in [1.29, 1.82) is 0 Å². The van der Waals surface area contributed by atoms with Gasteiger partial charge in [-0.1, -0.05) is 23.2 Å². The molecule has 0 fully saturated rings. The molecule has 0 radical (unpaired) electrons. The summed E-state index contributed by atoms with van der Waals surface area (Å²) >= 11 is 18.5. The standard InChI is InChI=1S/C15H10Cl3FN2/c1-8(16)15-20-12-5-2-9(17)6-14(12)21(15)13-7-10(19)3-4-11(13)18/h2-8H,1H3. The molecule has 2 nitrogen and oxygen atoms in total. The van der Waals surface area contributed by atoms with Crippen LogP contribution < -0.4 is 0 Å². The first-order valence-corrected chi connectivity index (χ1v) is 7.44. The molecule has 21 heavy (non-hydrogen) atoms. The molecule has 3 rings (SSSR count). The first-order valence-electron chi connectivity index (χ1n) is 6.25. The summed E-state index contributed by atoms with van der Waals surface area (Å²) in [6.45, 7) is 1.80. The van der Waals surface area contributed by atoms with Gasteiger partial charge in [0.2, 0.25) is 0 Å². The predicted molar refractivity (Wildman–Crippen MR) is 85.3 cm³/mol. The Morgan fingerprint density at radius 2 is 1.90 bits per heavy atom. The molecule has 0 amide bonds. The minimum absolute atomic E-state index is 0.365. The number of nitrogens with zero attached hydrogens (tertiary/aromatic N) is 2. The number of alkyl halides is 1. The highest BCUT2D eigenvalue weighted by molar-refractivity contribution is 6.32. The highest BCUT2D eigenvalue weighted by Crippen LogP contribution is 2.32. The lowest BCUT2D eigenvalue weighted by atomic mass is 10.2. The highest BCUT2D eigenvalue weighted by atomic mass is 35.5. The van der Waals surface area contributed by atoms with Crippen LogP contribution in [0.1, 0.15) is 18.1 Å². The Hall–Kier alpha value is -1.29. The largest absolute Gasteiger partial charge is 0.293 e. The van der Waals surface area contributed by atoms with Crippen LogP contribution in [0.2, 0.25) is 10.0 Å². The Morgan fingerprint density at radius 3 is 2.62 bits per heavy atom. The van der Waals surface area contributed by atoms with E-state index in [-0.39, 0.29) is 11.2 Å². The SMILES string of the molecule is CC(Cl)c1nc2ccc(Cl)cc2n1-c1cc(F)ccc1Cl. The van der Waals surface area contributed by atoms with Crippen molar-refractivity contribution in [3.05, 3.63) is 58.1 Å². The summed E-state index contributed by atoms with van der Waals surface area (Å²) in [6.07, 6.45) is 0. The summed E-state index contributed by atoms with van der Waals surface area (Å²) in [7, 11) is 0. The average molecular weight is 344 g/mol. The van der Waals surface area contributed by atoms with Gasteiger partial charge in [-0.3, -0.25) is 4.57 Å². The molecule has 1 atom stereocenters. The minimum atomic E-state index is -0.383. The number of hydrogen-bond acceptors (Lipinski definition) is 1. The third-order valence-electron chi connectivity index (χ3n) is 3.15. The van der Waals surface area contributed by atoms with Gasteiger partial charge < -0.3 is 0 Å². The number of aromatic nitrogens is 2. The van der Waals surface area contributed by atoms with E-state index in [0.29, 0.717) is 21.6 Å². The maximum Gasteiger partial charge on any atom is 0.132 e. The van der Waals surface area contributed by atoms with Crippen molar-refractivity contribution in [2.24, 2.45) is 0 Å². The van der Waals surface area contributed by atoms with Crippen LogP contribution in [0.25, 0.3) is 16.7 Å². The molecule has 0 saturated carbocycles. The van der Waals surface area contributed by atoms with Crippen LogP contribution in [0.3, 0.4) is 0 Å². The summed E-state index contributed by atoms with van der Waals surface area (Å²) in [5.74, 6) is 0.202. The molecular weight excluding hydrogens is 334 g/mol. The Morgan fingerprint density at radius 1 is 1.14 bits per heavy atom. The zero-order valence-corrected chi connectivity index (χ0v) is 13.2. The topological polar surface area (TPSA) is 17.8 Å². The lowest BCUT2D eigenvalue weighted by Crippen LogP contribution is -2.03. The van der Waals surface area contributed by atoms with Crippen LogP contribution in [-0.2, 0) is 0 Å². The van der Waals surface area contributed by atoms with Crippen molar-refractivity contribution >= 4 is 45.8 Å². The van der Waals surface area contributed by atoms with Gasteiger partial charge in [-0.05, 0) is 43.3 Å². The molecule has 0 aliphatic rings. The second-order valence-corrected chi connectivity index (χ2v) is 6.15. The van der Waals surface area contributed by atoms with Crippen molar-refractivity contribution in [3.8, 4) is 5.69 Å². The molecule has 0 spiro atoms. The minimum Gasteiger partial charge on any atom is -0.293 e. The van der Waals surface area contributed by atoms with Gasteiger partial charge in [0.05, 0.1) is 27.1 Å². The first kappa shape index (κ1) is 14.6. The highest BCUT2D eigenvalue weighted by Gasteiger charge is 2.18. The summed E-state index contributed by atoms with van der Waals surface area (Å²) in [6, 6.07) is 9.47. The fourth-order valence-electron chi connectivity index (χ4n) is 2.24. The van der Waals surface area contributed by atoms with Crippen LogP contribution in [0.15, 0.2) is 36.4 Å². The molecular formula is C15H10Cl3FN2. The van der Waals surface area contributed by atoms with Gasteiger partial charge in [0, 0.05) is 5.02 Å². The van der Waals surface area contributed by atoms with E-state index in [1.54, 1.807) is 29.7 Å². The van der Waals surface area contributed by atoms with Gasteiger partial charge in [-0.2, -0.15) is 0 Å². The van der Waals surface area contributed by atoms with Gasteiger partial charge in [0.25, 0.3) is 0 Å². The molecule has 6 heteroatoms. The van der Waals surface area contributed by atoms with E-state index in [2.05, 4.69) is 4.98 Å². The Labute approximate surface area is 136 Å². The number of hydrogen-bond donors (Lipinski definition) is 0. The van der Waals surface area contributed by atoms with E-state index >= 15 is 0 Å². The Bertz CT molecular complexity index is 827. The number of imidazole rings is 1. The third kappa shape index (κ3) is 2.61. The van der Waals surface area contributed by atoms with Gasteiger partial charge in [-0.25, -0.2) is 9.37 Å². The molecule has 1 unspecified atom stereocenters. The van der Waals surface area contributed by atoms with E-state index in [1.165, 1.54) is 18.2 Å². The van der Waals surface area contributed by atoms with E-state index in [9.17, 15) is 4.39 Å². The van der Waals surface area contributed by atoms with Crippen LogP contribution in [0, 0.1) is 5.82 Å². The molecule has 0 aliphatic carbocycles. The van der Waals surface area contributed by atoms with Crippen molar-refractivity contribution in [3.63, 3.8) is 0 Å². The Balaban J connectivity index is 2.41. The van der Waals surface area contributed by atoms with E-state index in [0.717, 1.165) is 11.0 Å². The molecule has 0 saturated heterocycles. The van der Waals surface area contributed by atoms with Crippen molar-refractivity contribution in [1.82, 2.24) is 9.55 Å². The maximum absolute atomic E-state index is 13.6. The molecule has 1 heterocycles. The molecule has 1 aromatic heterocycles. The molecule has 0 aliphatic heterocycles. The molecule has 2 aromatic carbocycles. The summed E-state index contributed by atoms with van der Waals surface area (Å²) in [4.78, 5) is 4.49. The van der Waals surface area contributed by atoms with Gasteiger partial charge in [0.1, 0.15) is 11.6 Å². The number of halogens is 4. The number of fused-ring (bicyclic) bond motifs is 1. The van der Waals surface area contributed by atoms with Crippen LogP contribution in [0.5, 0.6) is 0 Å². The predicted octanol–water partition coefficient (Wildman–Crippen LogP) is 5.77. The van der Waals surface area contributed by atoms with Crippen LogP contribution in [-0.4, -0.2) is 9.55 Å². The summed E-state index contributed by atoms with van der Waals surface area (Å²) in [5, 5.41) is 0.606. The second-order valence-electron chi connectivity index (χ2n) is 4.65. The van der Waals surface area contributed by atoms with Crippen molar-refractivity contribution in [2.75, 3.05) is 0 Å². The molecule has 108 valence electrons. The number of rotatable bonds is 2. The molecule has 0 bridgehead atoms. The second kappa shape index (κ2) is 5.48. The maximum atomic E-state index is 13.6. The average Bonchev–Trinajstić information content (AvgIpc) is 2.80. The lowest BCUT2D eigenvalue weighted by molar-refractivity contribution is 0.626. The zero-order valence-electron chi connectivity index (χ0n) is 10.9. The van der Waals surface area contributed by atoms with E-state index in [4.69, 9.17) is 34.8 Å². The summed E-state index contributed by atoms with van der Waals surface area (Å²) < 4.78 is 15.3. The quantitative estimate of drug-likeness (QED) is 0.540. The van der Waals surface area contributed by atoms with E-state index < -0.39 is 0 Å². The normalized spacial score (nSPS) is 12.8. The molecule has 3 aromatic rings. The van der Waals surface area contributed by atoms with Gasteiger partial charge >= 0.3 is 0 Å². The van der Waals surface area contributed by atoms with E-state index in [1.807, 2.05) is 0 Å². The molecule has 0 N–H and O–H groups in total. The summed E-state index contributed by atoms with van der Waals surface area (Å²) in [5.41, 5.74) is 1.95. The zero-order chi connectivity index (χ0) is 15.1.